The molecule has 0 aromatic heterocycles. The zero-order valence-corrected chi connectivity index (χ0v) is 17.1. The molecule has 146 valence electrons. The highest BCUT2D eigenvalue weighted by molar-refractivity contribution is 7.92. The smallest absolute Gasteiger partial charge is 0.251 e. The molecule has 0 aliphatic carbocycles. The number of hydrogen-bond donors (Lipinski definition) is 1. The van der Waals surface area contributed by atoms with Gasteiger partial charge in [0.15, 0.2) is 0 Å². The molecular weight excluding hydrogens is 364 g/mol. The number of anilines is 1. The second kappa shape index (κ2) is 8.43. The predicted molar refractivity (Wildman–Crippen MR) is 108 cm³/mol. The van der Waals surface area contributed by atoms with Gasteiger partial charge in [0.25, 0.3) is 5.91 Å². The molecule has 0 heterocycles. The number of hydrogen-bond acceptors (Lipinski definition) is 4. The molecule has 6 nitrogen and oxygen atoms in total. The Balaban J connectivity index is 2.16. The van der Waals surface area contributed by atoms with E-state index in [4.69, 9.17) is 4.74 Å². The normalized spacial score (nSPS) is 12.3. The van der Waals surface area contributed by atoms with Crippen molar-refractivity contribution in [2.45, 2.75) is 26.3 Å². The number of methoxy groups -OCH3 is 1. The highest BCUT2D eigenvalue weighted by Gasteiger charge is 2.16. The van der Waals surface area contributed by atoms with Gasteiger partial charge in [-0.2, -0.15) is 0 Å². The number of rotatable bonds is 7. The van der Waals surface area contributed by atoms with Gasteiger partial charge in [-0.25, -0.2) is 8.42 Å². The van der Waals surface area contributed by atoms with E-state index >= 15 is 0 Å². The molecule has 2 rings (SSSR count). The van der Waals surface area contributed by atoms with Crippen molar-refractivity contribution in [3.63, 3.8) is 0 Å². The summed E-state index contributed by atoms with van der Waals surface area (Å²) in [4.78, 5) is 12.6. The number of aryl methyl sites for hydroxylation is 1. The van der Waals surface area contributed by atoms with E-state index in [2.05, 4.69) is 5.32 Å². The summed E-state index contributed by atoms with van der Waals surface area (Å²) >= 11 is 0. The van der Waals surface area contributed by atoms with E-state index < -0.39 is 10.0 Å². The number of ether oxygens (including phenoxy) is 1. The summed E-state index contributed by atoms with van der Waals surface area (Å²) in [6.45, 7) is 3.97. The fourth-order valence-corrected chi connectivity index (χ4v) is 3.30. The van der Waals surface area contributed by atoms with Crippen LogP contribution < -0.4 is 14.4 Å². The molecule has 1 unspecified atom stereocenters. The fraction of sp³-hybridized carbons (Fsp3) is 0.350. The largest absolute Gasteiger partial charge is 0.496 e. The minimum atomic E-state index is -3.34. The maximum absolute atomic E-state index is 12.6. The van der Waals surface area contributed by atoms with Crippen molar-refractivity contribution < 1.29 is 17.9 Å². The summed E-state index contributed by atoms with van der Waals surface area (Å²) in [5.74, 6) is 0.606. The molecule has 0 saturated heterocycles. The summed E-state index contributed by atoms with van der Waals surface area (Å²) in [5.41, 5.74) is 3.00. The maximum Gasteiger partial charge on any atom is 0.251 e. The van der Waals surface area contributed by atoms with E-state index in [0.717, 1.165) is 29.6 Å². The molecule has 1 atom stereocenters. The Morgan fingerprint density at radius 1 is 1.19 bits per heavy atom. The molecule has 27 heavy (non-hydrogen) atoms. The number of amides is 1. The van der Waals surface area contributed by atoms with Crippen LogP contribution in [0.3, 0.4) is 0 Å². The van der Waals surface area contributed by atoms with Crippen LogP contribution in [0.2, 0.25) is 0 Å². The van der Waals surface area contributed by atoms with Crippen LogP contribution in [0.1, 0.15) is 40.9 Å². The third-order valence-corrected chi connectivity index (χ3v) is 5.73. The van der Waals surface area contributed by atoms with E-state index in [0.29, 0.717) is 11.3 Å². The summed E-state index contributed by atoms with van der Waals surface area (Å²) in [5, 5.41) is 3.03. The van der Waals surface area contributed by atoms with Crippen molar-refractivity contribution in [2.24, 2.45) is 0 Å². The van der Waals surface area contributed by atoms with Gasteiger partial charge in [0.1, 0.15) is 5.75 Å². The van der Waals surface area contributed by atoms with E-state index in [-0.39, 0.29) is 11.9 Å². The predicted octanol–water partition coefficient (Wildman–Crippen LogP) is 3.28. The SMILES string of the molecule is CCC(NC(=O)c1ccc(N(C)S(C)(=O)=O)cc1)c1ccc(OC)c(C)c1. The van der Waals surface area contributed by atoms with Crippen LogP contribution in [-0.4, -0.2) is 34.7 Å². The maximum atomic E-state index is 12.6. The van der Waals surface area contributed by atoms with Crippen LogP contribution in [0.25, 0.3) is 0 Å². The van der Waals surface area contributed by atoms with E-state index in [1.807, 2.05) is 32.0 Å². The van der Waals surface area contributed by atoms with Gasteiger partial charge in [0, 0.05) is 12.6 Å². The standard InChI is InChI=1S/C20H26N2O4S/c1-6-18(16-9-12-19(26-4)14(2)13-16)21-20(23)15-7-10-17(11-8-15)22(3)27(5,24)25/h7-13,18H,6H2,1-5H3,(H,21,23). The van der Waals surface area contributed by atoms with Crippen molar-refractivity contribution in [3.8, 4) is 5.75 Å². The molecular formula is C20H26N2O4S. The minimum Gasteiger partial charge on any atom is -0.496 e. The van der Waals surface area contributed by atoms with Crippen molar-refractivity contribution in [1.82, 2.24) is 5.32 Å². The first-order chi connectivity index (χ1) is 12.7. The van der Waals surface area contributed by atoms with Crippen molar-refractivity contribution in [1.29, 1.82) is 0 Å². The Morgan fingerprint density at radius 2 is 1.81 bits per heavy atom. The van der Waals surface area contributed by atoms with Crippen LogP contribution in [0.15, 0.2) is 42.5 Å². The van der Waals surface area contributed by atoms with Gasteiger partial charge in [-0.15, -0.1) is 0 Å². The average Bonchev–Trinajstić information content (AvgIpc) is 2.64. The molecule has 1 amide bonds. The highest BCUT2D eigenvalue weighted by Crippen LogP contribution is 2.25. The molecule has 0 aliphatic heterocycles. The monoisotopic (exact) mass is 390 g/mol. The molecule has 2 aromatic carbocycles. The third-order valence-electron chi connectivity index (χ3n) is 4.53. The van der Waals surface area contributed by atoms with Gasteiger partial charge < -0.3 is 10.1 Å². The summed E-state index contributed by atoms with van der Waals surface area (Å²) in [6.07, 6.45) is 1.88. The van der Waals surface area contributed by atoms with E-state index in [9.17, 15) is 13.2 Å². The Labute approximate surface area is 161 Å². The minimum absolute atomic E-state index is 0.125. The van der Waals surface area contributed by atoms with Crippen LogP contribution in [0.4, 0.5) is 5.69 Å². The molecule has 1 N–H and O–H groups in total. The first-order valence-electron chi connectivity index (χ1n) is 8.66. The zero-order chi connectivity index (χ0) is 20.2. The van der Waals surface area contributed by atoms with Crippen LogP contribution in [0.5, 0.6) is 5.75 Å². The zero-order valence-electron chi connectivity index (χ0n) is 16.3. The summed E-state index contributed by atoms with van der Waals surface area (Å²) < 4.78 is 29.7. The number of carbonyl (C=O) groups is 1. The lowest BCUT2D eigenvalue weighted by molar-refractivity contribution is 0.0935. The number of nitrogens with one attached hydrogen (secondary N) is 1. The van der Waals surface area contributed by atoms with Crippen LogP contribution in [0, 0.1) is 6.92 Å². The molecule has 0 saturated carbocycles. The molecule has 0 spiro atoms. The fourth-order valence-electron chi connectivity index (χ4n) is 2.80. The Bertz CT molecular complexity index is 908. The van der Waals surface area contributed by atoms with Gasteiger partial charge in [-0.05, 0) is 54.8 Å². The van der Waals surface area contributed by atoms with Crippen LogP contribution >= 0.6 is 0 Å². The highest BCUT2D eigenvalue weighted by atomic mass is 32.2. The topological polar surface area (TPSA) is 75.7 Å². The Kier molecular flexibility index (Phi) is 6.49. The quantitative estimate of drug-likeness (QED) is 0.787. The first kappa shape index (κ1) is 20.8. The number of benzene rings is 2. The second-order valence-electron chi connectivity index (χ2n) is 6.44. The lowest BCUT2D eigenvalue weighted by Crippen LogP contribution is -2.28. The van der Waals surface area contributed by atoms with Crippen LogP contribution in [-0.2, 0) is 10.0 Å². The van der Waals surface area contributed by atoms with Gasteiger partial charge in [0.05, 0.1) is 25.1 Å². The van der Waals surface area contributed by atoms with Gasteiger partial charge in [-0.3, -0.25) is 9.10 Å². The average molecular weight is 391 g/mol. The third kappa shape index (κ3) is 5.01. The second-order valence-corrected chi connectivity index (χ2v) is 8.45. The number of carbonyl (C=O) groups excluding carboxylic acids is 1. The summed E-state index contributed by atoms with van der Waals surface area (Å²) in [7, 11) is -0.229. The molecule has 0 bridgehead atoms. The molecule has 0 fully saturated rings. The van der Waals surface area contributed by atoms with Gasteiger partial charge in [0.2, 0.25) is 10.0 Å². The Hall–Kier alpha value is -2.54. The molecule has 0 aliphatic rings. The molecule has 0 radical (unpaired) electrons. The van der Waals surface area contributed by atoms with Crippen molar-refractivity contribution in [3.05, 3.63) is 59.2 Å². The lowest BCUT2D eigenvalue weighted by atomic mass is 10.0. The Morgan fingerprint density at radius 3 is 2.30 bits per heavy atom. The van der Waals surface area contributed by atoms with E-state index in [1.54, 1.807) is 31.4 Å². The molecule has 7 heteroatoms. The number of nitrogens with zero attached hydrogens (tertiary/aromatic N) is 1. The molecule has 2 aromatic rings. The van der Waals surface area contributed by atoms with Gasteiger partial charge >= 0.3 is 0 Å². The van der Waals surface area contributed by atoms with Gasteiger partial charge in [-0.1, -0.05) is 19.1 Å². The van der Waals surface area contributed by atoms with Crippen molar-refractivity contribution in [2.75, 3.05) is 24.7 Å². The van der Waals surface area contributed by atoms with Crippen molar-refractivity contribution >= 4 is 21.6 Å². The van der Waals surface area contributed by atoms with E-state index in [1.165, 1.54) is 11.4 Å². The summed E-state index contributed by atoms with van der Waals surface area (Å²) in [6, 6.07) is 12.2. The number of sulfonamides is 1. The first-order valence-corrected chi connectivity index (χ1v) is 10.5. The lowest BCUT2D eigenvalue weighted by Gasteiger charge is -2.20.